The molecule has 8 nitrogen and oxygen atoms in total. The SMILES string of the molecule is COc1ccc(-c2nc(-c3cn(C)c4ccc(OC)cc34)[nH]c2-c2oc(C)cc(=O)c2O)cc1. The Hall–Kier alpha value is -4.46. The Morgan fingerprint density at radius 1 is 1.03 bits per heavy atom. The van der Waals surface area contributed by atoms with Gasteiger partial charge in [-0.25, -0.2) is 4.98 Å². The summed E-state index contributed by atoms with van der Waals surface area (Å²) in [6, 6.07) is 14.5. The fourth-order valence-electron chi connectivity index (χ4n) is 4.08. The van der Waals surface area contributed by atoms with Crippen LogP contribution in [0.15, 0.2) is 63.9 Å². The number of H-pyrrole nitrogens is 1. The normalized spacial score (nSPS) is 11.2. The lowest BCUT2D eigenvalue weighted by Gasteiger charge is -2.06. The number of aromatic nitrogens is 3. The molecule has 5 rings (SSSR count). The van der Waals surface area contributed by atoms with Crippen LogP contribution >= 0.6 is 0 Å². The first-order valence-electron chi connectivity index (χ1n) is 10.6. The molecule has 34 heavy (non-hydrogen) atoms. The number of aromatic hydroxyl groups is 1. The third-order valence-corrected chi connectivity index (χ3v) is 5.79. The van der Waals surface area contributed by atoms with Crippen molar-refractivity contribution >= 4 is 10.9 Å². The smallest absolute Gasteiger partial charge is 0.227 e. The summed E-state index contributed by atoms with van der Waals surface area (Å²) in [7, 11) is 5.18. The van der Waals surface area contributed by atoms with Crippen LogP contribution in [0.5, 0.6) is 17.2 Å². The summed E-state index contributed by atoms with van der Waals surface area (Å²) in [5, 5.41) is 11.5. The number of nitrogens with one attached hydrogen (secondary N) is 1. The van der Waals surface area contributed by atoms with E-state index in [2.05, 4.69) is 4.98 Å². The zero-order chi connectivity index (χ0) is 24.0. The van der Waals surface area contributed by atoms with Gasteiger partial charge in [0.25, 0.3) is 0 Å². The van der Waals surface area contributed by atoms with E-state index in [1.165, 1.54) is 6.07 Å². The summed E-state index contributed by atoms with van der Waals surface area (Å²) in [5.41, 5.74) is 3.02. The van der Waals surface area contributed by atoms with Gasteiger partial charge >= 0.3 is 0 Å². The highest BCUT2D eigenvalue weighted by Crippen LogP contribution is 2.39. The molecule has 0 amide bonds. The Morgan fingerprint density at radius 3 is 2.44 bits per heavy atom. The maximum atomic E-state index is 12.3. The number of hydrogen-bond acceptors (Lipinski definition) is 6. The highest BCUT2D eigenvalue weighted by Gasteiger charge is 2.23. The van der Waals surface area contributed by atoms with Gasteiger partial charge in [0.2, 0.25) is 11.2 Å². The van der Waals surface area contributed by atoms with E-state index in [0.717, 1.165) is 27.8 Å². The van der Waals surface area contributed by atoms with Gasteiger partial charge in [0.05, 0.1) is 14.2 Å². The summed E-state index contributed by atoms with van der Waals surface area (Å²) in [6.07, 6.45) is 1.97. The molecule has 2 N–H and O–H groups in total. The number of methoxy groups -OCH3 is 2. The van der Waals surface area contributed by atoms with Crippen molar-refractivity contribution in [2.45, 2.75) is 6.92 Å². The van der Waals surface area contributed by atoms with E-state index in [1.807, 2.05) is 60.3 Å². The third kappa shape index (κ3) is 3.49. The van der Waals surface area contributed by atoms with Crippen molar-refractivity contribution in [1.82, 2.24) is 14.5 Å². The Kier molecular flexibility index (Phi) is 5.13. The quantitative estimate of drug-likeness (QED) is 0.390. The van der Waals surface area contributed by atoms with Crippen molar-refractivity contribution in [3.8, 4) is 51.3 Å². The molecule has 5 aromatic rings. The minimum Gasteiger partial charge on any atom is -0.501 e. The van der Waals surface area contributed by atoms with Crippen molar-refractivity contribution in [3.63, 3.8) is 0 Å². The van der Waals surface area contributed by atoms with Gasteiger partial charge in [0, 0.05) is 41.3 Å². The minimum atomic E-state index is -0.523. The van der Waals surface area contributed by atoms with E-state index in [0.29, 0.717) is 28.7 Å². The molecule has 0 radical (unpaired) electrons. The zero-order valence-corrected chi connectivity index (χ0v) is 19.2. The largest absolute Gasteiger partial charge is 0.501 e. The molecule has 0 aliphatic carbocycles. The molecule has 0 unspecified atom stereocenters. The average Bonchev–Trinajstić information content (AvgIpc) is 3.42. The van der Waals surface area contributed by atoms with Gasteiger partial charge in [-0.1, -0.05) is 0 Å². The van der Waals surface area contributed by atoms with Crippen LogP contribution in [0.4, 0.5) is 0 Å². The second-order valence-electron chi connectivity index (χ2n) is 7.97. The molecule has 0 atom stereocenters. The first-order valence-corrected chi connectivity index (χ1v) is 10.6. The minimum absolute atomic E-state index is 0.0346. The van der Waals surface area contributed by atoms with Gasteiger partial charge in [-0.15, -0.1) is 0 Å². The second kappa shape index (κ2) is 8.15. The first-order chi connectivity index (χ1) is 16.4. The molecule has 0 saturated carbocycles. The number of nitrogens with zero attached hydrogens (tertiary/aromatic N) is 2. The molecule has 8 heteroatoms. The number of rotatable bonds is 5. The lowest BCUT2D eigenvalue weighted by molar-refractivity contribution is 0.415. The van der Waals surface area contributed by atoms with Crippen LogP contribution in [0.1, 0.15) is 5.76 Å². The summed E-state index contributed by atoms with van der Waals surface area (Å²) in [4.78, 5) is 20.5. The van der Waals surface area contributed by atoms with Crippen LogP contribution < -0.4 is 14.9 Å². The third-order valence-electron chi connectivity index (χ3n) is 5.79. The molecular formula is C26H23N3O5. The van der Waals surface area contributed by atoms with Crippen molar-refractivity contribution in [1.29, 1.82) is 0 Å². The predicted molar refractivity (Wildman–Crippen MR) is 129 cm³/mol. The standard InChI is InChI=1S/C26H23N3O5/c1-14-11-21(30)24(31)25(34-14)23-22(15-5-7-16(32-3)8-6-15)27-26(28-23)19-13-29(2)20-10-9-17(33-4)12-18(19)20/h5-13,31H,1-4H3,(H,27,28). The Bertz CT molecular complexity index is 1580. The molecule has 0 aliphatic rings. The maximum Gasteiger partial charge on any atom is 0.227 e. The molecule has 172 valence electrons. The van der Waals surface area contributed by atoms with Gasteiger partial charge in [-0.05, 0) is 49.4 Å². The van der Waals surface area contributed by atoms with Crippen molar-refractivity contribution in [2.75, 3.05) is 14.2 Å². The van der Waals surface area contributed by atoms with E-state index < -0.39 is 11.2 Å². The first kappa shape index (κ1) is 21.4. The van der Waals surface area contributed by atoms with Gasteiger partial charge in [0.15, 0.2) is 5.76 Å². The molecule has 0 fully saturated rings. The van der Waals surface area contributed by atoms with Gasteiger partial charge in [0.1, 0.15) is 34.5 Å². The summed E-state index contributed by atoms with van der Waals surface area (Å²) in [5.74, 6) is 1.92. The van der Waals surface area contributed by atoms with Crippen LogP contribution in [0, 0.1) is 6.92 Å². The predicted octanol–water partition coefficient (Wildman–Crippen LogP) is 4.89. The van der Waals surface area contributed by atoms with E-state index in [-0.39, 0.29) is 5.76 Å². The molecular weight excluding hydrogens is 434 g/mol. The number of imidazole rings is 1. The van der Waals surface area contributed by atoms with E-state index >= 15 is 0 Å². The number of ether oxygens (including phenoxy) is 2. The van der Waals surface area contributed by atoms with Crippen LogP contribution in [-0.2, 0) is 7.05 Å². The van der Waals surface area contributed by atoms with Crippen LogP contribution in [0.25, 0.3) is 45.0 Å². The van der Waals surface area contributed by atoms with E-state index in [9.17, 15) is 9.90 Å². The number of aryl methyl sites for hydroxylation is 2. The van der Waals surface area contributed by atoms with E-state index in [1.54, 1.807) is 21.1 Å². The number of benzene rings is 2. The fraction of sp³-hybridized carbons (Fsp3) is 0.154. The molecule has 3 aromatic heterocycles. The second-order valence-corrected chi connectivity index (χ2v) is 7.97. The fourth-order valence-corrected chi connectivity index (χ4v) is 4.08. The molecule has 3 heterocycles. The molecule has 0 saturated heterocycles. The monoisotopic (exact) mass is 457 g/mol. The van der Waals surface area contributed by atoms with Crippen LogP contribution in [0.2, 0.25) is 0 Å². The lowest BCUT2D eigenvalue weighted by Crippen LogP contribution is -2.01. The van der Waals surface area contributed by atoms with Gasteiger partial charge < -0.3 is 28.5 Å². The van der Waals surface area contributed by atoms with Crippen LogP contribution in [-0.4, -0.2) is 33.9 Å². The van der Waals surface area contributed by atoms with Crippen molar-refractivity contribution in [3.05, 3.63) is 70.7 Å². The number of fused-ring (bicyclic) bond motifs is 1. The summed E-state index contributed by atoms with van der Waals surface area (Å²) in [6.45, 7) is 1.66. The summed E-state index contributed by atoms with van der Waals surface area (Å²) >= 11 is 0. The number of hydrogen-bond donors (Lipinski definition) is 2. The van der Waals surface area contributed by atoms with Gasteiger partial charge in [-0.3, -0.25) is 4.79 Å². The average molecular weight is 457 g/mol. The van der Waals surface area contributed by atoms with Gasteiger partial charge in [-0.2, -0.15) is 0 Å². The molecule has 2 aromatic carbocycles. The van der Waals surface area contributed by atoms with E-state index in [4.69, 9.17) is 18.9 Å². The Labute approximate surface area is 195 Å². The van der Waals surface area contributed by atoms with Crippen molar-refractivity contribution < 1.29 is 19.0 Å². The topological polar surface area (TPSA) is 103 Å². The van der Waals surface area contributed by atoms with Crippen LogP contribution in [0.3, 0.4) is 0 Å². The lowest BCUT2D eigenvalue weighted by atomic mass is 10.1. The Morgan fingerprint density at radius 2 is 1.74 bits per heavy atom. The summed E-state index contributed by atoms with van der Waals surface area (Å²) < 4.78 is 18.5. The highest BCUT2D eigenvalue weighted by molar-refractivity contribution is 5.96. The molecule has 0 bridgehead atoms. The zero-order valence-electron chi connectivity index (χ0n) is 19.2. The molecule has 0 aliphatic heterocycles. The molecule has 0 spiro atoms. The number of aromatic amines is 1. The van der Waals surface area contributed by atoms with Crippen molar-refractivity contribution in [2.24, 2.45) is 7.05 Å². The Balaban J connectivity index is 1.78. The highest BCUT2D eigenvalue weighted by atomic mass is 16.5. The maximum absolute atomic E-state index is 12.3.